The smallest absolute Gasteiger partial charge is 0.137 e. The number of pyridine rings is 2. The SMILES string of the molecule is C#Cc1c(N(c2ccccn2)c2cccc3ccccc23)cc(C)c2ccc3c(N(c4ccccn4)c4cccc5ccccc45)cc(C)c(C)c3c12. The van der Waals surface area contributed by atoms with Crippen LogP contribution in [0.1, 0.15) is 22.3 Å². The number of rotatable bonds is 6. The minimum absolute atomic E-state index is 0.796. The van der Waals surface area contributed by atoms with Crippen LogP contribution in [0, 0.1) is 33.1 Å². The Morgan fingerprint density at radius 1 is 0.453 bits per heavy atom. The van der Waals surface area contributed by atoms with E-state index in [1.165, 1.54) is 16.5 Å². The summed E-state index contributed by atoms with van der Waals surface area (Å²) in [6, 6.07) is 51.0. The van der Waals surface area contributed by atoms with Crippen LogP contribution in [0.4, 0.5) is 34.4 Å². The van der Waals surface area contributed by atoms with Gasteiger partial charge in [-0.2, -0.15) is 0 Å². The van der Waals surface area contributed by atoms with Crippen molar-refractivity contribution >= 4 is 77.5 Å². The van der Waals surface area contributed by atoms with Gasteiger partial charge in [-0.1, -0.05) is 103 Å². The molecule has 0 saturated heterocycles. The lowest BCUT2D eigenvalue weighted by Crippen LogP contribution is -2.14. The minimum Gasteiger partial charge on any atom is -0.294 e. The Bertz CT molecular complexity index is 2880. The highest BCUT2D eigenvalue weighted by molar-refractivity contribution is 6.19. The zero-order valence-electron chi connectivity index (χ0n) is 29.9. The van der Waals surface area contributed by atoms with Gasteiger partial charge >= 0.3 is 0 Å². The molecule has 0 spiro atoms. The molecule has 0 bridgehead atoms. The van der Waals surface area contributed by atoms with Gasteiger partial charge in [0.1, 0.15) is 11.6 Å². The van der Waals surface area contributed by atoms with Gasteiger partial charge in [0.15, 0.2) is 0 Å². The van der Waals surface area contributed by atoms with E-state index in [0.29, 0.717) is 0 Å². The number of nitrogens with zero attached hydrogens (tertiary/aromatic N) is 4. The average molecular weight is 681 g/mol. The first-order valence-electron chi connectivity index (χ1n) is 17.9. The van der Waals surface area contributed by atoms with E-state index >= 15 is 0 Å². The molecule has 0 amide bonds. The van der Waals surface area contributed by atoms with Gasteiger partial charge in [0, 0.05) is 33.9 Å². The van der Waals surface area contributed by atoms with Gasteiger partial charge in [0.25, 0.3) is 0 Å². The van der Waals surface area contributed by atoms with Crippen molar-refractivity contribution in [1.82, 2.24) is 9.97 Å². The van der Waals surface area contributed by atoms with Crippen LogP contribution in [-0.4, -0.2) is 9.97 Å². The van der Waals surface area contributed by atoms with E-state index in [4.69, 9.17) is 16.4 Å². The summed E-state index contributed by atoms with van der Waals surface area (Å²) in [5.41, 5.74) is 8.35. The standard InChI is InChI=1S/C49H36N4/c1-5-37-44(52(46-24-10-12-28-50-46)42-22-14-18-35-16-6-8-20-39(35)42)31-33(3)38-26-27-41-45(30-32(2)34(4)48(41)49(37)38)53(47-25-11-13-29-51-47)43-23-15-19-36-17-7-9-21-40(36)43/h1,6-31H,2-4H3. The lowest BCUT2D eigenvalue weighted by Gasteiger charge is -2.30. The molecule has 53 heavy (non-hydrogen) atoms. The molecule has 2 aromatic heterocycles. The van der Waals surface area contributed by atoms with Crippen LogP contribution < -0.4 is 9.80 Å². The predicted octanol–water partition coefficient (Wildman–Crippen LogP) is 12.9. The summed E-state index contributed by atoms with van der Waals surface area (Å²) in [6.45, 7) is 6.59. The Morgan fingerprint density at radius 3 is 1.53 bits per heavy atom. The quantitative estimate of drug-likeness (QED) is 0.129. The first-order chi connectivity index (χ1) is 26.0. The summed E-state index contributed by atoms with van der Waals surface area (Å²) in [4.78, 5) is 14.3. The molecule has 0 saturated carbocycles. The van der Waals surface area contributed by atoms with Crippen molar-refractivity contribution in [2.75, 3.05) is 9.80 Å². The maximum absolute atomic E-state index is 6.68. The fourth-order valence-electron chi connectivity index (χ4n) is 7.90. The summed E-state index contributed by atoms with van der Waals surface area (Å²) in [7, 11) is 0. The Hall–Kier alpha value is -6.96. The summed E-state index contributed by atoms with van der Waals surface area (Å²) in [6.07, 6.45) is 10.4. The van der Waals surface area contributed by atoms with Crippen molar-refractivity contribution in [1.29, 1.82) is 0 Å². The number of benzene rings is 7. The largest absolute Gasteiger partial charge is 0.294 e. The third kappa shape index (κ3) is 5.25. The fourth-order valence-corrected chi connectivity index (χ4v) is 7.90. The molecule has 9 aromatic rings. The average Bonchev–Trinajstić information content (AvgIpc) is 3.21. The minimum atomic E-state index is 0.796. The van der Waals surface area contributed by atoms with Crippen molar-refractivity contribution in [3.05, 3.63) is 180 Å². The molecule has 0 atom stereocenters. The Balaban J connectivity index is 1.40. The molecule has 4 heteroatoms. The number of hydrogen-bond acceptors (Lipinski definition) is 4. The van der Waals surface area contributed by atoms with E-state index in [0.717, 1.165) is 83.2 Å². The molecule has 0 radical (unpaired) electrons. The lowest BCUT2D eigenvalue weighted by molar-refractivity contribution is 1.18. The second-order valence-corrected chi connectivity index (χ2v) is 13.5. The third-order valence-corrected chi connectivity index (χ3v) is 10.5. The van der Waals surface area contributed by atoms with Crippen molar-refractivity contribution in [3.63, 3.8) is 0 Å². The van der Waals surface area contributed by atoms with Gasteiger partial charge in [0.2, 0.25) is 0 Å². The molecule has 252 valence electrons. The molecule has 4 nitrogen and oxygen atoms in total. The van der Waals surface area contributed by atoms with Crippen LogP contribution in [0.3, 0.4) is 0 Å². The van der Waals surface area contributed by atoms with Gasteiger partial charge in [-0.25, -0.2) is 9.97 Å². The van der Waals surface area contributed by atoms with Crippen LogP contribution in [0.2, 0.25) is 0 Å². The van der Waals surface area contributed by atoms with Crippen LogP contribution in [0.5, 0.6) is 0 Å². The summed E-state index contributed by atoms with van der Waals surface area (Å²) < 4.78 is 0. The van der Waals surface area contributed by atoms with Gasteiger partial charge in [0.05, 0.1) is 28.3 Å². The van der Waals surface area contributed by atoms with Gasteiger partial charge in [-0.15, -0.1) is 6.42 Å². The highest BCUT2D eigenvalue weighted by Gasteiger charge is 2.25. The molecular formula is C49H36N4. The summed E-state index contributed by atoms with van der Waals surface area (Å²) in [5.74, 6) is 4.85. The first-order valence-corrected chi connectivity index (χ1v) is 17.9. The highest BCUT2D eigenvalue weighted by atomic mass is 15.2. The first kappa shape index (κ1) is 32.0. The predicted molar refractivity (Wildman–Crippen MR) is 224 cm³/mol. The maximum Gasteiger partial charge on any atom is 0.137 e. The van der Waals surface area contributed by atoms with E-state index in [2.05, 4.69) is 152 Å². The second kappa shape index (κ2) is 13.0. The van der Waals surface area contributed by atoms with Crippen LogP contribution in [0.15, 0.2) is 158 Å². The summed E-state index contributed by atoms with van der Waals surface area (Å²) >= 11 is 0. The topological polar surface area (TPSA) is 32.3 Å². The number of terminal acetylenes is 1. The van der Waals surface area contributed by atoms with E-state index in [-0.39, 0.29) is 0 Å². The van der Waals surface area contributed by atoms with Crippen molar-refractivity contribution in [2.24, 2.45) is 0 Å². The molecule has 7 aromatic carbocycles. The highest BCUT2D eigenvalue weighted by Crippen LogP contribution is 2.48. The van der Waals surface area contributed by atoms with Gasteiger partial charge in [-0.05, 0) is 108 Å². The van der Waals surface area contributed by atoms with E-state index < -0.39 is 0 Å². The van der Waals surface area contributed by atoms with E-state index in [1.54, 1.807) is 0 Å². The zero-order valence-corrected chi connectivity index (χ0v) is 29.9. The molecule has 0 unspecified atom stereocenters. The number of aryl methyl sites for hydroxylation is 3. The molecule has 2 heterocycles. The zero-order chi connectivity index (χ0) is 36.1. The maximum atomic E-state index is 6.68. The second-order valence-electron chi connectivity index (χ2n) is 13.5. The molecule has 0 aliphatic carbocycles. The van der Waals surface area contributed by atoms with E-state index in [1.807, 2.05) is 42.7 Å². The third-order valence-electron chi connectivity index (χ3n) is 10.5. The van der Waals surface area contributed by atoms with Crippen LogP contribution in [-0.2, 0) is 0 Å². The molecule has 9 rings (SSSR count). The molecular weight excluding hydrogens is 645 g/mol. The Kier molecular flexibility index (Phi) is 7.83. The Morgan fingerprint density at radius 2 is 0.962 bits per heavy atom. The van der Waals surface area contributed by atoms with Crippen molar-refractivity contribution in [3.8, 4) is 12.3 Å². The number of hydrogen-bond donors (Lipinski definition) is 0. The number of anilines is 6. The normalized spacial score (nSPS) is 11.3. The summed E-state index contributed by atoms with van der Waals surface area (Å²) in [5, 5.41) is 9.01. The van der Waals surface area contributed by atoms with Crippen molar-refractivity contribution < 1.29 is 0 Å². The molecule has 0 aliphatic rings. The molecule has 0 fully saturated rings. The van der Waals surface area contributed by atoms with Crippen LogP contribution >= 0.6 is 0 Å². The lowest BCUT2D eigenvalue weighted by atomic mass is 9.88. The van der Waals surface area contributed by atoms with Gasteiger partial charge < -0.3 is 0 Å². The van der Waals surface area contributed by atoms with Gasteiger partial charge in [-0.3, -0.25) is 9.80 Å². The molecule has 0 N–H and O–H groups in total. The van der Waals surface area contributed by atoms with Crippen LogP contribution in [0.25, 0.3) is 43.1 Å². The monoisotopic (exact) mass is 680 g/mol. The molecule has 0 aliphatic heterocycles. The Labute approximate surface area is 309 Å². The van der Waals surface area contributed by atoms with Crippen molar-refractivity contribution in [2.45, 2.75) is 20.8 Å². The van der Waals surface area contributed by atoms with E-state index in [9.17, 15) is 0 Å². The number of aromatic nitrogens is 2. The fraction of sp³-hybridized carbons (Fsp3) is 0.0612. The number of fused-ring (bicyclic) bond motifs is 5.